The lowest BCUT2D eigenvalue weighted by Crippen LogP contribution is -2.08. The summed E-state index contributed by atoms with van der Waals surface area (Å²) < 4.78 is 0. The Morgan fingerprint density at radius 2 is 1.56 bits per heavy atom. The van der Waals surface area contributed by atoms with Crippen molar-refractivity contribution in [2.75, 3.05) is 5.43 Å². The highest BCUT2D eigenvalue weighted by molar-refractivity contribution is 6.19. The summed E-state index contributed by atoms with van der Waals surface area (Å²) in [6, 6.07) is 23.1. The molecule has 9 heteroatoms. The number of nitrogens with zero attached hydrogens (tertiary/aromatic N) is 3. The average molecular weight is 428 g/mol. The highest BCUT2D eigenvalue weighted by Crippen LogP contribution is 2.30. The lowest BCUT2D eigenvalue weighted by atomic mass is 9.96. The van der Waals surface area contributed by atoms with Gasteiger partial charge in [-0.15, -0.1) is 0 Å². The Morgan fingerprint density at radius 3 is 2.28 bits per heavy atom. The van der Waals surface area contributed by atoms with Crippen molar-refractivity contribution in [1.82, 2.24) is 0 Å². The average Bonchev–Trinajstić information content (AvgIpc) is 2.80. The molecule has 0 saturated carbocycles. The number of hydrogen-bond donors (Lipinski definition) is 2. The Bertz CT molecular complexity index is 1360. The predicted molar refractivity (Wildman–Crippen MR) is 121 cm³/mol. The molecule has 0 aliphatic rings. The third-order valence-electron chi connectivity index (χ3n) is 4.86. The molecule has 9 nitrogen and oxygen atoms in total. The zero-order valence-corrected chi connectivity index (χ0v) is 16.5. The number of non-ortho nitro benzene ring substituents is 1. The molecule has 4 aromatic carbocycles. The van der Waals surface area contributed by atoms with E-state index < -0.39 is 15.5 Å². The molecule has 0 fully saturated rings. The van der Waals surface area contributed by atoms with E-state index in [2.05, 4.69) is 10.5 Å². The summed E-state index contributed by atoms with van der Waals surface area (Å²) in [4.78, 5) is 21.0. The smallest absolute Gasteiger partial charge is 0.301 e. The molecule has 0 unspecified atom stereocenters. The van der Waals surface area contributed by atoms with Gasteiger partial charge in [-0.3, -0.25) is 25.7 Å². The van der Waals surface area contributed by atoms with E-state index in [-0.39, 0.29) is 17.1 Å². The SMILES string of the molecule is O=[N+]([O-])c1ccc(N/N=C(/c2ccc(O)cc2)c2cccc3ccccc23)c([N+](=O)[O-])c1. The minimum atomic E-state index is -0.705. The van der Waals surface area contributed by atoms with Gasteiger partial charge in [-0.05, 0) is 41.1 Å². The number of benzene rings is 4. The normalized spacial score (nSPS) is 11.3. The molecule has 0 aliphatic heterocycles. The maximum Gasteiger partial charge on any atom is 0.301 e. The van der Waals surface area contributed by atoms with Crippen LogP contribution in [0.3, 0.4) is 0 Å². The second-order valence-electron chi connectivity index (χ2n) is 6.86. The number of rotatable bonds is 6. The Labute approximate surface area is 181 Å². The second kappa shape index (κ2) is 8.52. The summed E-state index contributed by atoms with van der Waals surface area (Å²) in [5.41, 5.74) is 3.77. The number of hydrazone groups is 1. The number of nitro groups is 2. The van der Waals surface area contributed by atoms with Crippen molar-refractivity contribution in [3.05, 3.63) is 116 Å². The van der Waals surface area contributed by atoms with Crippen molar-refractivity contribution >= 4 is 33.5 Å². The fourth-order valence-corrected chi connectivity index (χ4v) is 3.33. The van der Waals surface area contributed by atoms with Crippen molar-refractivity contribution in [2.24, 2.45) is 5.10 Å². The first-order valence-corrected chi connectivity index (χ1v) is 9.48. The van der Waals surface area contributed by atoms with Crippen molar-refractivity contribution in [3.8, 4) is 5.75 Å². The third-order valence-corrected chi connectivity index (χ3v) is 4.86. The largest absolute Gasteiger partial charge is 0.508 e. The number of aromatic hydroxyl groups is 1. The maximum absolute atomic E-state index is 11.5. The molecule has 32 heavy (non-hydrogen) atoms. The van der Waals surface area contributed by atoms with Gasteiger partial charge in [0.15, 0.2) is 0 Å². The van der Waals surface area contributed by atoms with E-state index in [0.717, 1.165) is 22.4 Å². The molecule has 0 aromatic heterocycles. The van der Waals surface area contributed by atoms with E-state index >= 15 is 0 Å². The van der Waals surface area contributed by atoms with Gasteiger partial charge < -0.3 is 5.11 Å². The fourth-order valence-electron chi connectivity index (χ4n) is 3.33. The molecule has 4 rings (SSSR count). The quantitative estimate of drug-likeness (QED) is 0.246. The molecule has 0 atom stereocenters. The first-order chi connectivity index (χ1) is 15.4. The second-order valence-corrected chi connectivity index (χ2v) is 6.86. The minimum Gasteiger partial charge on any atom is -0.508 e. The first kappa shape index (κ1) is 20.5. The van der Waals surface area contributed by atoms with Gasteiger partial charge in [0.25, 0.3) is 5.69 Å². The van der Waals surface area contributed by atoms with E-state index in [1.807, 2.05) is 42.5 Å². The lowest BCUT2D eigenvalue weighted by Gasteiger charge is -2.12. The summed E-state index contributed by atoms with van der Waals surface area (Å²) in [5.74, 6) is 0.0879. The molecule has 2 N–H and O–H groups in total. The summed E-state index contributed by atoms with van der Waals surface area (Å²) in [6.45, 7) is 0. The molecule has 0 heterocycles. The van der Waals surface area contributed by atoms with E-state index in [4.69, 9.17) is 0 Å². The van der Waals surface area contributed by atoms with Crippen LogP contribution in [-0.2, 0) is 0 Å². The molecular formula is C23H16N4O5. The zero-order valence-electron chi connectivity index (χ0n) is 16.5. The van der Waals surface area contributed by atoms with E-state index in [1.165, 1.54) is 24.3 Å². The number of anilines is 1. The van der Waals surface area contributed by atoms with Crippen LogP contribution in [0, 0.1) is 20.2 Å². The highest BCUT2D eigenvalue weighted by Gasteiger charge is 2.20. The Morgan fingerprint density at radius 1 is 0.844 bits per heavy atom. The van der Waals surface area contributed by atoms with Crippen LogP contribution in [0.5, 0.6) is 5.75 Å². The monoisotopic (exact) mass is 428 g/mol. The van der Waals surface area contributed by atoms with Crippen LogP contribution in [0.2, 0.25) is 0 Å². The summed E-state index contributed by atoms with van der Waals surface area (Å²) in [7, 11) is 0. The molecule has 4 aromatic rings. The first-order valence-electron chi connectivity index (χ1n) is 9.48. The standard InChI is InChI=1S/C23H16N4O5/c28-18-11-8-16(9-12-18)23(20-7-3-5-15-4-1-2-6-19(15)20)25-24-21-13-10-17(26(29)30)14-22(21)27(31)32/h1-14,24,28H/b25-23-. The Hall–Kier alpha value is -4.79. The molecule has 0 saturated heterocycles. The lowest BCUT2D eigenvalue weighted by molar-refractivity contribution is -0.393. The van der Waals surface area contributed by atoms with Gasteiger partial charge in [-0.1, -0.05) is 42.5 Å². The molecule has 0 amide bonds. The molecular weight excluding hydrogens is 412 g/mol. The summed E-state index contributed by atoms with van der Waals surface area (Å²) >= 11 is 0. The summed E-state index contributed by atoms with van der Waals surface area (Å²) in [5, 5.41) is 38.5. The number of nitrogens with one attached hydrogen (secondary N) is 1. The van der Waals surface area contributed by atoms with Crippen molar-refractivity contribution in [2.45, 2.75) is 0 Å². The van der Waals surface area contributed by atoms with Crippen LogP contribution < -0.4 is 5.43 Å². The Balaban J connectivity index is 1.85. The van der Waals surface area contributed by atoms with Crippen LogP contribution in [0.4, 0.5) is 17.1 Å². The van der Waals surface area contributed by atoms with Gasteiger partial charge in [-0.25, -0.2) is 0 Å². The van der Waals surface area contributed by atoms with Gasteiger partial charge in [0.2, 0.25) is 0 Å². The van der Waals surface area contributed by atoms with Crippen LogP contribution in [0.25, 0.3) is 10.8 Å². The van der Waals surface area contributed by atoms with Gasteiger partial charge >= 0.3 is 5.69 Å². The number of fused-ring (bicyclic) bond motifs is 1. The molecule has 158 valence electrons. The predicted octanol–water partition coefficient (Wildman–Crippen LogP) is 5.23. The van der Waals surface area contributed by atoms with E-state index in [9.17, 15) is 25.3 Å². The van der Waals surface area contributed by atoms with Crippen LogP contribution >= 0.6 is 0 Å². The van der Waals surface area contributed by atoms with Crippen LogP contribution in [0.1, 0.15) is 11.1 Å². The molecule has 0 radical (unpaired) electrons. The topological polar surface area (TPSA) is 131 Å². The van der Waals surface area contributed by atoms with Crippen LogP contribution in [0.15, 0.2) is 90.0 Å². The van der Waals surface area contributed by atoms with Gasteiger partial charge in [-0.2, -0.15) is 5.10 Å². The maximum atomic E-state index is 11.5. The van der Waals surface area contributed by atoms with E-state index in [1.54, 1.807) is 12.1 Å². The third kappa shape index (κ3) is 4.08. The molecule has 0 aliphatic carbocycles. The van der Waals surface area contributed by atoms with Crippen molar-refractivity contribution < 1.29 is 15.0 Å². The van der Waals surface area contributed by atoms with Gasteiger partial charge in [0.05, 0.1) is 21.6 Å². The number of nitro benzene ring substituents is 2. The molecule has 0 spiro atoms. The van der Waals surface area contributed by atoms with Gasteiger partial charge in [0.1, 0.15) is 11.4 Å². The molecule has 0 bridgehead atoms. The number of hydrogen-bond acceptors (Lipinski definition) is 7. The van der Waals surface area contributed by atoms with Crippen molar-refractivity contribution in [3.63, 3.8) is 0 Å². The Kier molecular flexibility index (Phi) is 5.45. The van der Waals surface area contributed by atoms with Crippen LogP contribution in [-0.4, -0.2) is 20.7 Å². The van der Waals surface area contributed by atoms with Crippen molar-refractivity contribution in [1.29, 1.82) is 0 Å². The number of phenols is 1. The summed E-state index contributed by atoms with van der Waals surface area (Å²) in [6.07, 6.45) is 0. The number of phenolic OH excluding ortho intramolecular Hbond substituents is 1. The fraction of sp³-hybridized carbons (Fsp3) is 0. The zero-order chi connectivity index (χ0) is 22.7. The highest BCUT2D eigenvalue weighted by atomic mass is 16.6. The minimum absolute atomic E-state index is 0.0112. The van der Waals surface area contributed by atoms with Gasteiger partial charge in [0, 0.05) is 17.2 Å². The van der Waals surface area contributed by atoms with E-state index in [0.29, 0.717) is 11.3 Å².